The van der Waals surface area contributed by atoms with E-state index in [2.05, 4.69) is 24.3 Å². The monoisotopic (exact) mass is 236 g/mol. The van der Waals surface area contributed by atoms with Gasteiger partial charge < -0.3 is 10.3 Å². The fourth-order valence-corrected chi connectivity index (χ4v) is 1.65. The van der Waals surface area contributed by atoms with Crippen LogP contribution in [-0.2, 0) is 0 Å². The van der Waals surface area contributed by atoms with Crippen LogP contribution in [0.25, 0.3) is 0 Å². The molecule has 0 aliphatic carbocycles. The minimum atomic E-state index is -0.0363. The number of amides is 1. The average molecular weight is 236 g/mol. The summed E-state index contributed by atoms with van der Waals surface area (Å²) in [6, 6.07) is 5.20. The molecule has 94 valence electrons. The summed E-state index contributed by atoms with van der Waals surface area (Å²) in [5.74, 6) is 5.74. The second-order valence-corrected chi connectivity index (χ2v) is 3.84. The van der Waals surface area contributed by atoms with Crippen LogP contribution in [0.3, 0.4) is 0 Å². The molecule has 0 spiro atoms. The number of hydrogen-bond acceptors (Lipinski definition) is 4. The Bertz CT molecular complexity index is 361. The normalized spacial score (nSPS) is 10.1. The van der Waals surface area contributed by atoms with Gasteiger partial charge in [0.05, 0.1) is 0 Å². The first-order valence-electron chi connectivity index (χ1n) is 5.95. The predicted molar refractivity (Wildman–Crippen MR) is 68.5 cm³/mol. The van der Waals surface area contributed by atoms with E-state index in [9.17, 15) is 4.79 Å². The zero-order valence-electron chi connectivity index (χ0n) is 10.4. The maximum atomic E-state index is 12.2. The molecule has 17 heavy (non-hydrogen) atoms. The molecule has 1 rings (SSSR count). The number of rotatable bonds is 6. The number of carbonyl (C=O) groups is 1. The molecule has 0 saturated heterocycles. The van der Waals surface area contributed by atoms with Crippen LogP contribution in [0.2, 0.25) is 0 Å². The summed E-state index contributed by atoms with van der Waals surface area (Å²) in [6.07, 6.45) is 1.89. The van der Waals surface area contributed by atoms with Crippen molar-refractivity contribution in [3.05, 3.63) is 23.9 Å². The summed E-state index contributed by atoms with van der Waals surface area (Å²) in [5, 5.41) is 0. The Morgan fingerprint density at radius 2 is 2.00 bits per heavy atom. The van der Waals surface area contributed by atoms with Crippen molar-refractivity contribution in [2.45, 2.75) is 26.7 Å². The molecule has 0 bridgehead atoms. The van der Waals surface area contributed by atoms with Crippen LogP contribution in [0.1, 0.15) is 37.2 Å². The summed E-state index contributed by atoms with van der Waals surface area (Å²) >= 11 is 0. The van der Waals surface area contributed by atoms with Gasteiger partial charge in [-0.05, 0) is 25.0 Å². The third-order valence-electron chi connectivity index (χ3n) is 2.39. The molecule has 0 aromatic carbocycles. The lowest BCUT2D eigenvalue weighted by Crippen LogP contribution is -2.33. The number of nitrogens with two attached hydrogens (primary N) is 1. The van der Waals surface area contributed by atoms with Gasteiger partial charge in [-0.15, -0.1) is 0 Å². The number of anilines is 1. The van der Waals surface area contributed by atoms with E-state index in [4.69, 9.17) is 5.84 Å². The molecular formula is C12H20N4O. The number of carbonyl (C=O) groups excluding carboxylic acids is 1. The van der Waals surface area contributed by atoms with E-state index >= 15 is 0 Å². The molecule has 1 aromatic heterocycles. The van der Waals surface area contributed by atoms with E-state index in [-0.39, 0.29) is 5.91 Å². The second kappa shape index (κ2) is 6.85. The van der Waals surface area contributed by atoms with Crippen LogP contribution in [0.15, 0.2) is 18.2 Å². The number of nitrogen functional groups attached to an aromatic ring is 1. The molecule has 0 atom stereocenters. The van der Waals surface area contributed by atoms with Crippen LogP contribution in [0.4, 0.5) is 5.82 Å². The van der Waals surface area contributed by atoms with Gasteiger partial charge in [0, 0.05) is 13.1 Å². The lowest BCUT2D eigenvalue weighted by Gasteiger charge is -2.21. The van der Waals surface area contributed by atoms with Crippen molar-refractivity contribution in [2.75, 3.05) is 18.5 Å². The van der Waals surface area contributed by atoms with Crippen molar-refractivity contribution < 1.29 is 4.79 Å². The van der Waals surface area contributed by atoms with Gasteiger partial charge in [-0.3, -0.25) is 4.79 Å². The quantitative estimate of drug-likeness (QED) is 0.581. The van der Waals surface area contributed by atoms with Gasteiger partial charge in [-0.1, -0.05) is 19.9 Å². The summed E-state index contributed by atoms with van der Waals surface area (Å²) in [6.45, 7) is 5.63. The van der Waals surface area contributed by atoms with E-state index < -0.39 is 0 Å². The molecule has 5 nitrogen and oxygen atoms in total. The number of hydrogen-bond donors (Lipinski definition) is 2. The third kappa shape index (κ3) is 3.71. The van der Waals surface area contributed by atoms with Gasteiger partial charge in [-0.2, -0.15) is 0 Å². The number of hydrazine groups is 1. The highest BCUT2D eigenvalue weighted by atomic mass is 16.2. The molecule has 0 fully saturated rings. The second-order valence-electron chi connectivity index (χ2n) is 3.84. The summed E-state index contributed by atoms with van der Waals surface area (Å²) in [5.41, 5.74) is 2.88. The van der Waals surface area contributed by atoms with E-state index in [1.807, 2.05) is 4.90 Å². The van der Waals surface area contributed by atoms with Crippen molar-refractivity contribution >= 4 is 11.7 Å². The zero-order valence-corrected chi connectivity index (χ0v) is 10.4. The third-order valence-corrected chi connectivity index (χ3v) is 2.39. The van der Waals surface area contributed by atoms with Crippen molar-refractivity contribution in [2.24, 2.45) is 5.84 Å². The summed E-state index contributed by atoms with van der Waals surface area (Å²) < 4.78 is 0. The minimum Gasteiger partial charge on any atom is -0.337 e. The van der Waals surface area contributed by atoms with Gasteiger partial charge in [0.1, 0.15) is 11.5 Å². The van der Waals surface area contributed by atoms with Gasteiger partial charge in [0.2, 0.25) is 0 Å². The topological polar surface area (TPSA) is 71.2 Å². The lowest BCUT2D eigenvalue weighted by molar-refractivity contribution is 0.0750. The zero-order chi connectivity index (χ0) is 12.7. The molecule has 3 N–H and O–H groups in total. The molecule has 0 unspecified atom stereocenters. The molecule has 0 radical (unpaired) electrons. The SMILES string of the molecule is CCCN(CCC)C(=O)c1cccc(NN)n1. The Balaban J connectivity index is 2.84. The number of nitrogens with one attached hydrogen (secondary N) is 1. The van der Waals surface area contributed by atoms with E-state index in [0.717, 1.165) is 25.9 Å². The Morgan fingerprint density at radius 1 is 1.35 bits per heavy atom. The van der Waals surface area contributed by atoms with Gasteiger partial charge in [0.25, 0.3) is 5.91 Å². The molecule has 1 heterocycles. The van der Waals surface area contributed by atoms with Gasteiger partial charge in [0.15, 0.2) is 0 Å². The first-order valence-corrected chi connectivity index (χ1v) is 5.95. The van der Waals surface area contributed by atoms with Crippen molar-refractivity contribution in [3.8, 4) is 0 Å². The van der Waals surface area contributed by atoms with Crippen LogP contribution in [0, 0.1) is 0 Å². The van der Waals surface area contributed by atoms with Crippen LogP contribution >= 0.6 is 0 Å². The predicted octanol–water partition coefficient (Wildman–Crippen LogP) is 1.63. The summed E-state index contributed by atoms with van der Waals surface area (Å²) in [4.78, 5) is 18.2. The average Bonchev–Trinajstić information content (AvgIpc) is 2.38. The number of nitrogens with zero attached hydrogens (tertiary/aromatic N) is 2. The first kappa shape index (κ1) is 13.4. The molecule has 0 aliphatic heterocycles. The highest BCUT2D eigenvalue weighted by Crippen LogP contribution is 2.07. The number of pyridine rings is 1. The fraction of sp³-hybridized carbons (Fsp3) is 0.500. The van der Waals surface area contributed by atoms with E-state index in [0.29, 0.717) is 11.5 Å². The Labute approximate surface area is 102 Å². The van der Waals surface area contributed by atoms with E-state index in [1.54, 1.807) is 18.2 Å². The highest BCUT2D eigenvalue weighted by molar-refractivity contribution is 5.92. The van der Waals surface area contributed by atoms with Crippen LogP contribution in [0.5, 0.6) is 0 Å². The van der Waals surface area contributed by atoms with Crippen LogP contribution < -0.4 is 11.3 Å². The molecule has 1 amide bonds. The summed E-state index contributed by atoms with van der Waals surface area (Å²) in [7, 11) is 0. The Morgan fingerprint density at radius 3 is 2.53 bits per heavy atom. The van der Waals surface area contributed by atoms with E-state index in [1.165, 1.54) is 0 Å². The van der Waals surface area contributed by atoms with Gasteiger partial charge in [-0.25, -0.2) is 10.8 Å². The van der Waals surface area contributed by atoms with Crippen molar-refractivity contribution in [1.29, 1.82) is 0 Å². The standard InChI is InChI=1S/C12H20N4O/c1-3-8-16(9-4-2)12(17)10-6-5-7-11(14-10)15-13/h5-7H,3-4,8-9,13H2,1-2H3,(H,14,15). The smallest absolute Gasteiger partial charge is 0.272 e. The molecule has 1 aromatic rings. The fourth-order valence-electron chi connectivity index (χ4n) is 1.65. The highest BCUT2D eigenvalue weighted by Gasteiger charge is 2.15. The Hall–Kier alpha value is -1.62. The number of aromatic nitrogens is 1. The van der Waals surface area contributed by atoms with Crippen LogP contribution in [-0.4, -0.2) is 28.9 Å². The molecular weight excluding hydrogens is 216 g/mol. The molecule has 0 saturated carbocycles. The largest absolute Gasteiger partial charge is 0.337 e. The van der Waals surface area contributed by atoms with Crippen molar-refractivity contribution in [1.82, 2.24) is 9.88 Å². The maximum Gasteiger partial charge on any atom is 0.272 e. The first-order chi connectivity index (χ1) is 8.22. The Kier molecular flexibility index (Phi) is 5.42. The minimum absolute atomic E-state index is 0.0363. The lowest BCUT2D eigenvalue weighted by atomic mass is 10.2. The van der Waals surface area contributed by atoms with Crippen molar-refractivity contribution in [3.63, 3.8) is 0 Å². The molecule has 5 heteroatoms. The maximum absolute atomic E-state index is 12.2. The van der Waals surface area contributed by atoms with Gasteiger partial charge >= 0.3 is 0 Å². The molecule has 0 aliphatic rings.